The summed E-state index contributed by atoms with van der Waals surface area (Å²) in [6, 6.07) is 7.36. The highest BCUT2D eigenvalue weighted by atomic mass is 32.2. The van der Waals surface area contributed by atoms with Gasteiger partial charge in [-0.2, -0.15) is 5.26 Å². The molecule has 1 aromatic rings. The monoisotopic (exact) mass is 287 g/mol. The predicted octanol–water partition coefficient (Wildman–Crippen LogP) is 2.74. The van der Waals surface area contributed by atoms with Crippen LogP contribution < -0.4 is 0 Å². The van der Waals surface area contributed by atoms with E-state index in [1.807, 2.05) is 13.0 Å². The zero-order valence-electron chi connectivity index (χ0n) is 11.5. The summed E-state index contributed by atoms with van der Waals surface area (Å²) in [5, 5.41) is 9.39. The summed E-state index contributed by atoms with van der Waals surface area (Å²) < 4.78 is 12.0. The van der Waals surface area contributed by atoms with Gasteiger partial charge in [-0.05, 0) is 50.3 Å². The van der Waals surface area contributed by atoms with Crippen molar-refractivity contribution < 1.29 is 9.00 Å². The van der Waals surface area contributed by atoms with Crippen molar-refractivity contribution in [2.45, 2.75) is 43.1 Å². The highest BCUT2D eigenvalue weighted by Gasteiger charge is 2.43. The van der Waals surface area contributed by atoms with E-state index in [4.69, 9.17) is 5.26 Å². The standard InChI is InChI=1S/C16H17NO2S/c1-10-2-3-11(9-17)6-15(10)16(18)12-7-13-4-5-14(8-12)20(13)19/h2-3,6,12-14H,4-5,7-8H2,1H3. The molecule has 3 rings (SSSR count). The van der Waals surface area contributed by atoms with Gasteiger partial charge in [0.2, 0.25) is 0 Å². The molecule has 0 saturated carbocycles. The minimum atomic E-state index is -0.728. The van der Waals surface area contributed by atoms with Gasteiger partial charge < -0.3 is 0 Å². The third-order valence-electron chi connectivity index (χ3n) is 4.57. The Morgan fingerprint density at radius 2 is 1.95 bits per heavy atom. The molecule has 104 valence electrons. The lowest BCUT2D eigenvalue weighted by Gasteiger charge is -2.26. The number of carbonyl (C=O) groups excluding carboxylic acids is 1. The lowest BCUT2D eigenvalue weighted by molar-refractivity contribution is 0.0905. The van der Waals surface area contributed by atoms with Gasteiger partial charge in [-0.3, -0.25) is 9.00 Å². The van der Waals surface area contributed by atoms with E-state index in [9.17, 15) is 9.00 Å². The van der Waals surface area contributed by atoms with E-state index < -0.39 is 10.8 Å². The first kappa shape index (κ1) is 13.5. The fourth-order valence-electron chi connectivity index (χ4n) is 3.42. The van der Waals surface area contributed by atoms with Crippen LogP contribution in [0, 0.1) is 24.2 Å². The molecule has 2 heterocycles. The molecule has 0 amide bonds. The van der Waals surface area contributed by atoms with E-state index in [-0.39, 0.29) is 22.2 Å². The first-order valence-corrected chi connectivity index (χ1v) is 8.32. The summed E-state index contributed by atoms with van der Waals surface area (Å²) in [6.07, 6.45) is 3.49. The maximum atomic E-state index is 12.7. The molecule has 0 radical (unpaired) electrons. The summed E-state index contributed by atoms with van der Waals surface area (Å²) in [7, 11) is -0.728. The lowest BCUT2D eigenvalue weighted by Crippen LogP contribution is -2.32. The number of benzene rings is 1. The molecule has 2 fully saturated rings. The smallest absolute Gasteiger partial charge is 0.166 e. The average Bonchev–Trinajstić information content (AvgIpc) is 2.68. The third-order valence-corrected chi connectivity index (χ3v) is 6.74. The van der Waals surface area contributed by atoms with Gasteiger partial charge in [0.1, 0.15) is 0 Å². The molecule has 0 aromatic heterocycles. The Labute approximate surface area is 121 Å². The van der Waals surface area contributed by atoms with Crippen LogP contribution in [0.25, 0.3) is 0 Å². The molecule has 0 aliphatic carbocycles. The van der Waals surface area contributed by atoms with Crippen LogP contribution in [0.3, 0.4) is 0 Å². The Bertz CT molecular complexity index is 616. The van der Waals surface area contributed by atoms with Gasteiger partial charge >= 0.3 is 0 Å². The highest BCUT2D eigenvalue weighted by molar-refractivity contribution is 7.86. The van der Waals surface area contributed by atoms with Crippen LogP contribution in [0.5, 0.6) is 0 Å². The Balaban J connectivity index is 1.87. The Morgan fingerprint density at radius 3 is 2.55 bits per heavy atom. The lowest BCUT2D eigenvalue weighted by atomic mass is 9.88. The third kappa shape index (κ3) is 2.20. The topological polar surface area (TPSA) is 57.9 Å². The van der Waals surface area contributed by atoms with Gasteiger partial charge in [0.15, 0.2) is 5.78 Å². The molecular formula is C16H17NO2S. The minimum absolute atomic E-state index is 0.0159. The maximum Gasteiger partial charge on any atom is 0.166 e. The first-order chi connectivity index (χ1) is 9.60. The van der Waals surface area contributed by atoms with Crippen LogP contribution in [0.1, 0.15) is 47.2 Å². The quantitative estimate of drug-likeness (QED) is 0.786. The molecule has 2 unspecified atom stereocenters. The van der Waals surface area contributed by atoms with Crippen molar-refractivity contribution in [2.75, 3.05) is 0 Å². The molecular weight excluding hydrogens is 270 g/mol. The second-order valence-corrected chi connectivity index (χ2v) is 7.81. The van der Waals surface area contributed by atoms with Crippen LogP contribution in [0.2, 0.25) is 0 Å². The van der Waals surface area contributed by atoms with Gasteiger partial charge in [-0.25, -0.2) is 0 Å². The van der Waals surface area contributed by atoms with Crippen molar-refractivity contribution in [1.29, 1.82) is 5.26 Å². The Kier molecular flexibility index (Phi) is 3.47. The van der Waals surface area contributed by atoms with E-state index >= 15 is 0 Å². The van der Waals surface area contributed by atoms with Gasteiger partial charge in [0.25, 0.3) is 0 Å². The maximum absolute atomic E-state index is 12.7. The Morgan fingerprint density at radius 1 is 1.30 bits per heavy atom. The minimum Gasteiger partial charge on any atom is -0.294 e. The van der Waals surface area contributed by atoms with Gasteiger partial charge in [0, 0.05) is 32.8 Å². The molecule has 4 heteroatoms. The van der Waals surface area contributed by atoms with E-state index in [0.29, 0.717) is 11.1 Å². The fraction of sp³-hybridized carbons (Fsp3) is 0.500. The zero-order chi connectivity index (χ0) is 14.3. The summed E-state index contributed by atoms with van der Waals surface area (Å²) in [4.78, 5) is 12.7. The number of aryl methyl sites for hydroxylation is 1. The largest absolute Gasteiger partial charge is 0.294 e. The molecule has 2 bridgehead atoms. The number of ketones is 1. The van der Waals surface area contributed by atoms with Crippen molar-refractivity contribution in [3.8, 4) is 6.07 Å². The normalized spacial score (nSPS) is 31.8. The van der Waals surface area contributed by atoms with Crippen LogP contribution in [0.15, 0.2) is 18.2 Å². The molecule has 2 atom stereocenters. The van der Waals surface area contributed by atoms with Crippen molar-refractivity contribution in [2.24, 2.45) is 5.92 Å². The molecule has 0 spiro atoms. The number of nitriles is 1. The average molecular weight is 287 g/mol. The molecule has 3 nitrogen and oxygen atoms in total. The van der Waals surface area contributed by atoms with Crippen molar-refractivity contribution in [3.05, 3.63) is 34.9 Å². The second kappa shape index (κ2) is 5.14. The molecule has 2 aliphatic heterocycles. The molecule has 0 N–H and O–H groups in total. The van der Waals surface area contributed by atoms with E-state index in [1.54, 1.807) is 12.1 Å². The van der Waals surface area contributed by atoms with Crippen molar-refractivity contribution >= 4 is 16.6 Å². The number of fused-ring (bicyclic) bond motifs is 2. The van der Waals surface area contributed by atoms with Crippen LogP contribution in [0.4, 0.5) is 0 Å². The number of hydrogen-bond donors (Lipinski definition) is 0. The summed E-state index contributed by atoms with van der Waals surface area (Å²) in [6.45, 7) is 1.91. The predicted molar refractivity (Wildman–Crippen MR) is 77.9 cm³/mol. The molecule has 2 aliphatic rings. The number of hydrogen-bond acceptors (Lipinski definition) is 3. The molecule has 2 saturated heterocycles. The van der Waals surface area contributed by atoms with E-state index in [1.165, 1.54) is 0 Å². The van der Waals surface area contributed by atoms with E-state index in [0.717, 1.165) is 31.2 Å². The molecule has 1 aromatic carbocycles. The zero-order valence-corrected chi connectivity index (χ0v) is 12.3. The summed E-state index contributed by atoms with van der Waals surface area (Å²) >= 11 is 0. The highest BCUT2D eigenvalue weighted by Crippen LogP contribution is 2.40. The number of Topliss-reactive ketones (excluding diaryl/α,β-unsaturated/α-hetero) is 1. The number of carbonyl (C=O) groups is 1. The fourth-order valence-corrected chi connectivity index (χ4v) is 5.55. The van der Waals surface area contributed by atoms with Crippen LogP contribution in [-0.4, -0.2) is 20.5 Å². The first-order valence-electron chi connectivity index (χ1n) is 7.04. The SMILES string of the molecule is Cc1ccc(C#N)cc1C(=O)C1CC2CCC(C1)S2=O. The summed E-state index contributed by atoms with van der Waals surface area (Å²) in [5.41, 5.74) is 2.12. The van der Waals surface area contributed by atoms with E-state index in [2.05, 4.69) is 6.07 Å². The second-order valence-electron chi connectivity index (χ2n) is 5.82. The Hall–Kier alpha value is -1.47. The number of nitrogens with zero attached hydrogens (tertiary/aromatic N) is 1. The van der Waals surface area contributed by atoms with Crippen molar-refractivity contribution in [3.63, 3.8) is 0 Å². The van der Waals surface area contributed by atoms with Gasteiger partial charge in [-0.1, -0.05) is 6.07 Å². The van der Waals surface area contributed by atoms with Gasteiger partial charge in [0.05, 0.1) is 11.6 Å². The van der Waals surface area contributed by atoms with Gasteiger partial charge in [-0.15, -0.1) is 0 Å². The van der Waals surface area contributed by atoms with Crippen LogP contribution in [-0.2, 0) is 10.8 Å². The molecule has 20 heavy (non-hydrogen) atoms. The van der Waals surface area contributed by atoms with Crippen molar-refractivity contribution in [1.82, 2.24) is 0 Å². The summed E-state index contributed by atoms with van der Waals surface area (Å²) in [5.74, 6) is 0.117. The van der Waals surface area contributed by atoms with Crippen LogP contribution >= 0.6 is 0 Å². The number of rotatable bonds is 2.